The molecular formula is C19H26N4. The molecular weight excluding hydrogens is 284 g/mol. The number of rotatable bonds is 6. The first-order valence-corrected chi connectivity index (χ1v) is 8.59. The molecule has 4 heteroatoms. The Balaban J connectivity index is 1.50. The lowest BCUT2D eigenvalue weighted by Gasteiger charge is -2.31. The summed E-state index contributed by atoms with van der Waals surface area (Å²) in [6.45, 7) is 8.22. The Morgan fingerprint density at radius 2 is 2.09 bits per heavy atom. The normalized spacial score (nSPS) is 14.1. The molecule has 1 aliphatic rings. The Morgan fingerprint density at radius 1 is 1.22 bits per heavy atom. The maximum atomic E-state index is 4.61. The van der Waals surface area contributed by atoms with Crippen LogP contribution in [0.2, 0.25) is 0 Å². The fourth-order valence-electron chi connectivity index (χ4n) is 3.06. The number of aromatic nitrogens is 2. The van der Waals surface area contributed by atoms with E-state index in [0.717, 1.165) is 37.7 Å². The molecule has 3 rings (SSSR count). The lowest BCUT2D eigenvalue weighted by molar-refractivity contribution is 0.621. The van der Waals surface area contributed by atoms with E-state index >= 15 is 0 Å². The van der Waals surface area contributed by atoms with Gasteiger partial charge in [-0.05, 0) is 30.5 Å². The highest BCUT2D eigenvalue weighted by atomic mass is 15.1. The van der Waals surface area contributed by atoms with Crippen LogP contribution in [0.3, 0.4) is 0 Å². The maximum Gasteiger partial charge on any atom is 0.131 e. The number of hydrogen-bond acceptors (Lipinski definition) is 4. The molecule has 0 amide bonds. The van der Waals surface area contributed by atoms with Crippen molar-refractivity contribution in [3.8, 4) is 0 Å². The third-order valence-electron chi connectivity index (χ3n) is 4.32. The Bertz CT molecular complexity index is 639. The van der Waals surface area contributed by atoms with Gasteiger partial charge in [-0.3, -0.25) is 0 Å². The van der Waals surface area contributed by atoms with Gasteiger partial charge >= 0.3 is 0 Å². The molecule has 0 saturated heterocycles. The fraction of sp³-hybridized carbons (Fsp3) is 0.474. The molecule has 4 nitrogen and oxygen atoms in total. The number of nitrogens with zero attached hydrogens (tertiary/aromatic N) is 3. The van der Waals surface area contributed by atoms with Crippen LogP contribution in [-0.2, 0) is 13.0 Å². The van der Waals surface area contributed by atoms with Crippen molar-refractivity contribution in [2.45, 2.75) is 39.2 Å². The van der Waals surface area contributed by atoms with Crippen molar-refractivity contribution in [1.29, 1.82) is 0 Å². The highest BCUT2D eigenvalue weighted by Crippen LogP contribution is 2.25. The average Bonchev–Trinajstić information content (AvgIpc) is 2.59. The van der Waals surface area contributed by atoms with Crippen molar-refractivity contribution in [3.05, 3.63) is 53.6 Å². The molecule has 1 N–H and O–H groups in total. The summed E-state index contributed by atoms with van der Waals surface area (Å²) in [5.41, 5.74) is 3.96. The molecule has 1 aromatic heterocycles. The summed E-state index contributed by atoms with van der Waals surface area (Å²) in [6, 6.07) is 10.8. The maximum absolute atomic E-state index is 4.61. The van der Waals surface area contributed by atoms with Crippen molar-refractivity contribution in [1.82, 2.24) is 15.3 Å². The molecule has 0 bridgehead atoms. The van der Waals surface area contributed by atoms with Gasteiger partial charge in [0.25, 0.3) is 0 Å². The molecule has 0 atom stereocenters. The number of fused-ring (bicyclic) bond motifs is 1. The van der Waals surface area contributed by atoms with Gasteiger partial charge in [-0.1, -0.05) is 32.0 Å². The molecule has 0 saturated carbocycles. The topological polar surface area (TPSA) is 41.1 Å². The Labute approximate surface area is 139 Å². The van der Waals surface area contributed by atoms with Crippen molar-refractivity contribution in [2.75, 3.05) is 24.5 Å². The van der Waals surface area contributed by atoms with Crippen LogP contribution in [-0.4, -0.2) is 29.6 Å². The molecule has 0 aliphatic carbocycles. The molecule has 122 valence electrons. The van der Waals surface area contributed by atoms with Crippen molar-refractivity contribution >= 4 is 5.69 Å². The SMILES string of the molecule is CC(C)c1nccc(CNCCN2CCCc3ccccc32)n1. The molecule has 2 heterocycles. The standard InChI is InChI=1S/C19H26N4/c1-15(2)19-21-10-9-17(22-19)14-20-11-13-23-12-5-7-16-6-3-4-8-18(16)23/h3-4,6,8-10,15,20H,5,7,11-14H2,1-2H3. The van der Waals surface area contributed by atoms with Crippen molar-refractivity contribution in [3.63, 3.8) is 0 Å². The minimum atomic E-state index is 0.375. The van der Waals surface area contributed by atoms with Crippen LogP contribution in [0, 0.1) is 0 Å². The first kappa shape index (κ1) is 15.9. The van der Waals surface area contributed by atoms with E-state index in [0.29, 0.717) is 5.92 Å². The van der Waals surface area contributed by atoms with Crippen LogP contribution in [0.5, 0.6) is 0 Å². The van der Waals surface area contributed by atoms with E-state index in [4.69, 9.17) is 0 Å². The predicted molar refractivity (Wildman–Crippen MR) is 94.8 cm³/mol. The average molecular weight is 310 g/mol. The highest BCUT2D eigenvalue weighted by molar-refractivity contribution is 5.55. The zero-order valence-electron chi connectivity index (χ0n) is 14.1. The molecule has 1 aliphatic heterocycles. The lowest BCUT2D eigenvalue weighted by atomic mass is 10.0. The van der Waals surface area contributed by atoms with E-state index in [1.165, 1.54) is 24.1 Å². The van der Waals surface area contributed by atoms with E-state index in [1.54, 1.807) is 0 Å². The van der Waals surface area contributed by atoms with Crippen LogP contribution in [0.15, 0.2) is 36.5 Å². The minimum Gasteiger partial charge on any atom is -0.370 e. The van der Waals surface area contributed by atoms with Gasteiger partial charge in [-0.15, -0.1) is 0 Å². The van der Waals surface area contributed by atoms with Crippen molar-refractivity contribution < 1.29 is 0 Å². The summed E-state index contributed by atoms with van der Waals surface area (Å²) in [4.78, 5) is 11.4. The predicted octanol–water partition coefficient (Wildman–Crippen LogP) is 3.14. The second kappa shape index (κ2) is 7.55. The first-order chi connectivity index (χ1) is 11.2. The van der Waals surface area contributed by atoms with Crippen LogP contribution >= 0.6 is 0 Å². The highest BCUT2D eigenvalue weighted by Gasteiger charge is 2.15. The van der Waals surface area contributed by atoms with E-state index in [9.17, 15) is 0 Å². The second-order valence-electron chi connectivity index (χ2n) is 6.46. The number of anilines is 1. The zero-order valence-corrected chi connectivity index (χ0v) is 14.1. The first-order valence-electron chi connectivity index (χ1n) is 8.59. The Kier molecular flexibility index (Phi) is 5.23. The Morgan fingerprint density at radius 3 is 2.96 bits per heavy atom. The number of para-hydroxylation sites is 1. The van der Waals surface area contributed by atoms with Crippen LogP contribution in [0.1, 0.15) is 43.3 Å². The summed E-state index contributed by atoms with van der Waals surface area (Å²) < 4.78 is 0. The fourth-order valence-corrected chi connectivity index (χ4v) is 3.06. The van der Waals surface area contributed by atoms with Gasteiger partial charge in [0, 0.05) is 44.0 Å². The van der Waals surface area contributed by atoms with E-state index in [2.05, 4.69) is 58.3 Å². The van der Waals surface area contributed by atoms with Gasteiger partial charge in [0.05, 0.1) is 5.69 Å². The Hall–Kier alpha value is -1.94. The smallest absolute Gasteiger partial charge is 0.131 e. The molecule has 0 spiro atoms. The second-order valence-corrected chi connectivity index (χ2v) is 6.46. The van der Waals surface area contributed by atoms with Gasteiger partial charge in [0.15, 0.2) is 0 Å². The van der Waals surface area contributed by atoms with E-state index < -0.39 is 0 Å². The molecule has 0 unspecified atom stereocenters. The van der Waals surface area contributed by atoms with Gasteiger partial charge in [-0.2, -0.15) is 0 Å². The minimum absolute atomic E-state index is 0.375. The molecule has 0 fully saturated rings. The number of hydrogen-bond donors (Lipinski definition) is 1. The molecule has 2 aromatic rings. The summed E-state index contributed by atoms with van der Waals surface area (Å²) in [5.74, 6) is 1.30. The summed E-state index contributed by atoms with van der Waals surface area (Å²) >= 11 is 0. The van der Waals surface area contributed by atoms with Crippen molar-refractivity contribution in [2.24, 2.45) is 0 Å². The lowest BCUT2D eigenvalue weighted by Crippen LogP contribution is -2.35. The number of nitrogens with one attached hydrogen (secondary N) is 1. The van der Waals surface area contributed by atoms with E-state index in [-0.39, 0.29) is 0 Å². The van der Waals surface area contributed by atoms with E-state index in [1.807, 2.05) is 12.3 Å². The number of benzene rings is 1. The van der Waals surface area contributed by atoms with Gasteiger partial charge in [0.2, 0.25) is 0 Å². The zero-order chi connectivity index (χ0) is 16.1. The van der Waals surface area contributed by atoms with Gasteiger partial charge in [-0.25, -0.2) is 9.97 Å². The molecule has 23 heavy (non-hydrogen) atoms. The summed E-state index contributed by atoms with van der Waals surface area (Å²) in [5, 5.41) is 3.51. The monoisotopic (exact) mass is 310 g/mol. The van der Waals surface area contributed by atoms with Crippen LogP contribution in [0.25, 0.3) is 0 Å². The molecule has 1 aromatic carbocycles. The molecule has 0 radical (unpaired) electrons. The summed E-state index contributed by atoms with van der Waals surface area (Å²) in [6.07, 6.45) is 4.32. The summed E-state index contributed by atoms with van der Waals surface area (Å²) in [7, 11) is 0. The van der Waals surface area contributed by atoms with Crippen LogP contribution < -0.4 is 10.2 Å². The van der Waals surface area contributed by atoms with Gasteiger partial charge in [0.1, 0.15) is 5.82 Å². The van der Waals surface area contributed by atoms with Crippen LogP contribution in [0.4, 0.5) is 5.69 Å². The third kappa shape index (κ3) is 4.08. The van der Waals surface area contributed by atoms with Gasteiger partial charge < -0.3 is 10.2 Å². The quantitative estimate of drug-likeness (QED) is 0.832. The number of aryl methyl sites for hydroxylation is 1. The third-order valence-corrected chi connectivity index (χ3v) is 4.32. The largest absolute Gasteiger partial charge is 0.370 e.